The minimum atomic E-state index is -4.42. The number of nitrogens with zero attached hydrogens (tertiary/aromatic N) is 1. The Labute approximate surface area is 98.9 Å². The molecule has 102 valence electrons. The van der Waals surface area contributed by atoms with Gasteiger partial charge in [0.25, 0.3) is 5.91 Å². The molecule has 0 fully saturated rings. The molecule has 0 rings (SSSR count). The van der Waals surface area contributed by atoms with Crippen LogP contribution in [0.25, 0.3) is 0 Å². The van der Waals surface area contributed by atoms with Crippen molar-refractivity contribution in [2.45, 2.75) is 26.1 Å². The number of ether oxygens (including phenoxy) is 1. The lowest BCUT2D eigenvalue weighted by atomic mass is 10.2. The van der Waals surface area contributed by atoms with E-state index in [4.69, 9.17) is 10.5 Å². The van der Waals surface area contributed by atoms with Crippen LogP contribution in [-0.2, 0) is 9.53 Å². The largest absolute Gasteiger partial charge is 0.406 e. The number of nitrogens with two attached hydrogens (primary N) is 1. The predicted octanol–water partition coefficient (Wildman–Crippen LogP) is 1.01. The maximum absolute atomic E-state index is 12.3. The third kappa shape index (κ3) is 6.48. The van der Waals surface area contributed by atoms with E-state index in [1.165, 1.54) is 7.11 Å². The fraction of sp³-hybridized carbons (Fsp3) is 0.900. The van der Waals surface area contributed by atoms with Crippen LogP contribution < -0.4 is 5.73 Å². The standard InChI is InChI=1S/C10H19F3N2O2/c1-7(2)5-15(6-10(11,12)13)9(16)8(4-14)17-3/h7-8H,4-6,14H2,1-3H3. The lowest BCUT2D eigenvalue weighted by Crippen LogP contribution is -2.48. The van der Waals surface area contributed by atoms with Gasteiger partial charge in [0.15, 0.2) is 0 Å². The number of rotatable bonds is 6. The zero-order chi connectivity index (χ0) is 13.6. The summed E-state index contributed by atoms with van der Waals surface area (Å²) in [7, 11) is 1.25. The van der Waals surface area contributed by atoms with E-state index in [1.54, 1.807) is 13.8 Å². The summed E-state index contributed by atoms with van der Waals surface area (Å²) in [5.74, 6) is -0.780. The van der Waals surface area contributed by atoms with Gasteiger partial charge in [-0.1, -0.05) is 13.8 Å². The molecule has 0 aromatic carbocycles. The van der Waals surface area contributed by atoms with E-state index < -0.39 is 24.7 Å². The van der Waals surface area contributed by atoms with Gasteiger partial charge in [-0.2, -0.15) is 13.2 Å². The van der Waals surface area contributed by atoms with Crippen molar-refractivity contribution in [2.24, 2.45) is 11.7 Å². The Morgan fingerprint density at radius 2 is 1.94 bits per heavy atom. The van der Waals surface area contributed by atoms with Crippen LogP contribution >= 0.6 is 0 Å². The van der Waals surface area contributed by atoms with Gasteiger partial charge in [-0.3, -0.25) is 4.79 Å². The van der Waals surface area contributed by atoms with Crippen LogP contribution in [0.4, 0.5) is 13.2 Å². The molecule has 1 amide bonds. The first kappa shape index (κ1) is 16.2. The summed E-state index contributed by atoms with van der Waals surface area (Å²) in [4.78, 5) is 12.5. The molecule has 0 heterocycles. The first-order valence-electron chi connectivity index (χ1n) is 5.29. The number of amides is 1. The van der Waals surface area contributed by atoms with E-state index in [-0.39, 0.29) is 19.0 Å². The molecule has 7 heteroatoms. The van der Waals surface area contributed by atoms with Crippen LogP contribution in [0.2, 0.25) is 0 Å². The zero-order valence-electron chi connectivity index (χ0n) is 10.3. The summed E-state index contributed by atoms with van der Waals surface area (Å²) in [6.45, 7) is 2.09. The summed E-state index contributed by atoms with van der Waals surface area (Å²) >= 11 is 0. The number of hydrogen-bond donors (Lipinski definition) is 1. The van der Waals surface area contributed by atoms with Gasteiger partial charge in [-0.15, -0.1) is 0 Å². The maximum atomic E-state index is 12.3. The molecule has 0 saturated heterocycles. The summed E-state index contributed by atoms with van der Waals surface area (Å²) in [6.07, 6.45) is -5.44. The van der Waals surface area contributed by atoms with Crippen LogP contribution in [0.15, 0.2) is 0 Å². The second kappa shape index (κ2) is 6.80. The van der Waals surface area contributed by atoms with Gasteiger partial charge in [0.05, 0.1) is 0 Å². The third-order valence-electron chi connectivity index (χ3n) is 2.04. The summed E-state index contributed by atoms with van der Waals surface area (Å²) in [5, 5.41) is 0. The highest BCUT2D eigenvalue weighted by molar-refractivity contribution is 5.81. The van der Waals surface area contributed by atoms with Crippen molar-refractivity contribution >= 4 is 5.91 Å². The van der Waals surface area contributed by atoms with Crippen molar-refractivity contribution in [3.8, 4) is 0 Å². The van der Waals surface area contributed by atoms with Crippen LogP contribution in [0.1, 0.15) is 13.8 Å². The molecular weight excluding hydrogens is 237 g/mol. The second-order valence-electron chi connectivity index (χ2n) is 4.19. The van der Waals surface area contributed by atoms with Crippen LogP contribution in [-0.4, -0.2) is 49.8 Å². The highest BCUT2D eigenvalue weighted by Gasteiger charge is 2.35. The van der Waals surface area contributed by atoms with Crippen molar-refractivity contribution in [1.29, 1.82) is 0 Å². The minimum Gasteiger partial charge on any atom is -0.370 e. The first-order valence-corrected chi connectivity index (χ1v) is 5.29. The van der Waals surface area contributed by atoms with Crippen molar-refractivity contribution in [3.05, 3.63) is 0 Å². The number of carbonyl (C=O) groups excluding carboxylic acids is 1. The normalized spacial score (nSPS) is 13.9. The molecule has 2 N–H and O–H groups in total. The quantitative estimate of drug-likeness (QED) is 0.771. The molecule has 0 aromatic heterocycles. The summed E-state index contributed by atoms with van der Waals surface area (Å²) in [6, 6.07) is 0. The smallest absolute Gasteiger partial charge is 0.370 e. The number of alkyl halides is 3. The lowest BCUT2D eigenvalue weighted by molar-refractivity contribution is -0.168. The van der Waals surface area contributed by atoms with Crippen LogP contribution in [0.5, 0.6) is 0 Å². The SMILES string of the molecule is COC(CN)C(=O)N(CC(C)C)CC(F)(F)F. The Morgan fingerprint density at radius 1 is 1.41 bits per heavy atom. The average Bonchev–Trinajstić information content (AvgIpc) is 2.15. The Hall–Kier alpha value is -0.820. The summed E-state index contributed by atoms with van der Waals surface area (Å²) < 4.78 is 41.7. The molecule has 0 aromatic rings. The molecule has 0 spiro atoms. The van der Waals surface area contributed by atoms with E-state index in [1.807, 2.05) is 0 Å². The van der Waals surface area contributed by atoms with Gasteiger partial charge in [0.1, 0.15) is 12.6 Å². The molecule has 0 bridgehead atoms. The van der Waals surface area contributed by atoms with Gasteiger partial charge in [-0.25, -0.2) is 0 Å². The number of hydrogen-bond acceptors (Lipinski definition) is 3. The van der Waals surface area contributed by atoms with Crippen LogP contribution in [0.3, 0.4) is 0 Å². The Bertz CT molecular complexity index is 240. The van der Waals surface area contributed by atoms with E-state index in [2.05, 4.69) is 0 Å². The van der Waals surface area contributed by atoms with Crippen molar-refractivity contribution < 1.29 is 22.7 Å². The molecule has 1 unspecified atom stereocenters. The summed E-state index contributed by atoms with van der Waals surface area (Å²) in [5.41, 5.74) is 5.26. The van der Waals surface area contributed by atoms with Gasteiger partial charge >= 0.3 is 6.18 Å². The van der Waals surface area contributed by atoms with Gasteiger partial charge in [-0.05, 0) is 5.92 Å². The van der Waals surface area contributed by atoms with Crippen molar-refractivity contribution in [1.82, 2.24) is 4.90 Å². The maximum Gasteiger partial charge on any atom is 0.406 e. The lowest BCUT2D eigenvalue weighted by Gasteiger charge is -2.28. The van der Waals surface area contributed by atoms with Crippen LogP contribution in [0, 0.1) is 5.92 Å². The third-order valence-corrected chi connectivity index (χ3v) is 2.04. The first-order chi connectivity index (χ1) is 7.71. The minimum absolute atomic E-state index is 0.0260. The zero-order valence-corrected chi connectivity index (χ0v) is 10.3. The fourth-order valence-electron chi connectivity index (χ4n) is 1.39. The van der Waals surface area contributed by atoms with E-state index in [0.29, 0.717) is 0 Å². The predicted molar refractivity (Wildman–Crippen MR) is 57.3 cm³/mol. The molecule has 0 aliphatic carbocycles. The Kier molecular flexibility index (Phi) is 6.48. The number of carbonyl (C=O) groups is 1. The Morgan fingerprint density at radius 3 is 2.24 bits per heavy atom. The molecule has 0 radical (unpaired) electrons. The number of halogens is 3. The van der Waals surface area contributed by atoms with Crippen molar-refractivity contribution in [3.63, 3.8) is 0 Å². The van der Waals surface area contributed by atoms with Gasteiger partial charge < -0.3 is 15.4 Å². The number of methoxy groups -OCH3 is 1. The monoisotopic (exact) mass is 256 g/mol. The molecule has 0 aliphatic heterocycles. The topological polar surface area (TPSA) is 55.6 Å². The molecular formula is C10H19F3N2O2. The second-order valence-corrected chi connectivity index (χ2v) is 4.19. The molecule has 4 nitrogen and oxygen atoms in total. The van der Waals surface area contributed by atoms with Crippen molar-refractivity contribution in [2.75, 3.05) is 26.7 Å². The molecule has 0 saturated carbocycles. The molecule has 17 heavy (non-hydrogen) atoms. The highest BCUT2D eigenvalue weighted by atomic mass is 19.4. The van der Waals surface area contributed by atoms with E-state index in [0.717, 1.165) is 4.90 Å². The van der Waals surface area contributed by atoms with E-state index >= 15 is 0 Å². The fourth-order valence-corrected chi connectivity index (χ4v) is 1.39. The molecule has 0 aliphatic rings. The molecule has 1 atom stereocenters. The Balaban J connectivity index is 4.72. The highest BCUT2D eigenvalue weighted by Crippen LogP contribution is 2.18. The van der Waals surface area contributed by atoms with Gasteiger partial charge in [0, 0.05) is 20.2 Å². The van der Waals surface area contributed by atoms with Gasteiger partial charge in [0.2, 0.25) is 0 Å². The van der Waals surface area contributed by atoms with E-state index in [9.17, 15) is 18.0 Å². The average molecular weight is 256 g/mol.